The number of ether oxygens (including phenoxy) is 1. The van der Waals surface area contributed by atoms with E-state index in [1.807, 2.05) is 78.9 Å². The predicted octanol–water partition coefficient (Wildman–Crippen LogP) is 6.03. The maximum atomic E-state index is 12.5. The van der Waals surface area contributed by atoms with Crippen LogP contribution in [0.1, 0.15) is 36.7 Å². The fourth-order valence-electron chi connectivity index (χ4n) is 2.59. The van der Waals surface area contributed by atoms with Crippen LogP contribution in [-0.2, 0) is 5.41 Å². The molecule has 1 amide bonds. The van der Waals surface area contributed by atoms with Gasteiger partial charge in [0.15, 0.2) is 0 Å². The first-order valence-electron chi connectivity index (χ1n) is 8.67. The van der Waals surface area contributed by atoms with Crippen molar-refractivity contribution in [1.29, 1.82) is 0 Å². The minimum absolute atomic E-state index is 0.0676. The van der Waals surface area contributed by atoms with Crippen LogP contribution in [0.25, 0.3) is 0 Å². The van der Waals surface area contributed by atoms with E-state index < -0.39 is 0 Å². The number of anilines is 1. The molecule has 0 aliphatic carbocycles. The standard InChI is InChI=1S/C23H23NO2/c1-23(2,3)18-14-12-17(13-15-18)22(25)24-19-8-7-11-21(16-19)26-20-9-5-4-6-10-20/h4-16H,1-3H3,(H,24,25). The molecule has 0 radical (unpaired) electrons. The van der Waals surface area contributed by atoms with E-state index in [0.29, 0.717) is 17.0 Å². The third-order valence-corrected chi connectivity index (χ3v) is 4.08. The van der Waals surface area contributed by atoms with Gasteiger partial charge in [-0.2, -0.15) is 0 Å². The number of amides is 1. The summed E-state index contributed by atoms with van der Waals surface area (Å²) in [5, 5.41) is 2.92. The average molecular weight is 345 g/mol. The lowest BCUT2D eigenvalue weighted by Crippen LogP contribution is -2.14. The largest absolute Gasteiger partial charge is 0.457 e. The highest BCUT2D eigenvalue weighted by Crippen LogP contribution is 2.25. The quantitative estimate of drug-likeness (QED) is 0.627. The average Bonchev–Trinajstić information content (AvgIpc) is 2.62. The third kappa shape index (κ3) is 4.51. The summed E-state index contributed by atoms with van der Waals surface area (Å²) in [6.07, 6.45) is 0. The van der Waals surface area contributed by atoms with Crippen LogP contribution in [0.15, 0.2) is 78.9 Å². The Balaban J connectivity index is 1.70. The molecular weight excluding hydrogens is 322 g/mol. The lowest BCUT2D eigenvalue weighted by molar-refractivity contribution is 0.102. The molecule has 0 heterocycles. The first-order chi connectivity index (χ1) is 12.4. The summed E-state index contributed by atoms with van der Waals surface area (Å²) in [7, 11) is 0. The molecule has 1 N–H and O–H groups in total. The molecule has 132 valence electrons. The van der Waals surface area contributed by atoms with E-state index in [2.05, 4.69) is 26.1 Å². The van der Waals surface area contributed by atoms with Crippen molar-refractivity contribution in [2.75, 3.05) is 5.32 Å². The second kappa shape index (κ2) is 7.44. The Morgan fingerprint density at radius 3 is 2.12 bits per heavy atom. The molecule has 3 aromatic rings. The van der Waals surface area contributed by atoms with Crippen LogP contribution in [-0.4, -0.2) is 5.91 Å². The van der Waals surface area contributed by atoms with E-state index in [1.54, 1.807) is 0 Å². The van der Waals surface area contributed by atoms with Crippen molar-refractivity contribution in [3.05, 3.63) is 90.0 Å². The molecule has 0 bridgehead atoms. The molecule has 0 saturated carbocycles. The molecule has 0 unspecified atom stereocenters. The van der Waals surface area contributed by atoms with Crippen molar-refractivity contribution in [2.45, 2.75) is 26.2 Å². The summed E-state index contributed by atoms with van der Waals surface area (Å²) >= 11 is 0. The fraction of sp³-hybridized carbons (Fsp3) is 0.174. The van der Waals surface area contributed by atoms with Gasteiger partial charge in [0.2, 0.25) is 0 Å². The first kappa shape index (κ1) is 17.7. The molecular formula is C23H23NO2. The van der Waals surface area contributed by atoms with Gasteiger partial charge in [0, 0.05) is 17.3 Å². The topological polar surface area (TPSA) is 38.3 Å². The predicted molar refractivity (Wildman–Crippen MR) is 106 cm³/mol. The van der Waals surface area contributed by atoms with E-state index in [0.717, 1.165) is 5.75 Å². The van der Waals surface area contributed by atoms with Crippen molar-refractivity contribution in [2.24, 2.45) is 0 Å². The van der Waals surface area contributed by atoms with E-state index in [-0.39, 0.29) is 11.3 Å². The number of rotatable bonds is 4. The Hall–Kier alpha value is -3.07. The van der Waals surface area contributed by atoms with Gasteiger partial charge in [-0.1, -0.05) is 57.2 Å². The van der Waals surface area contributed by atoms with Crippen molar-refractivity contribution in [3.8, 4) is 11.5 Å². The Bertz CT molecular complexity index is 878. The maximum Gasteiger partial charge on any atom is 0.255 e. The van der Waals surface area contributed by atoms with Crippen molar-refractivity contribution in [1.82, 2.24) is 0 Å². The molecule has 0 aromatic heterocycles. The van der Waals surface area contributed by atoms with E-state index in [4.69, 9.17) is 4.74 Å². The highest BCUT2D eigenvalue weighted by atomic mass is 16.5. The van der Waals surface area contributed by atoms with Gasteiger partial charge in [-0.15, -0.1) is 0 Å². The van der Waals surface area contributed by atoms with E-state index in [9.17, 15) is 4.79 Å². The zero-order valence-corrected chi connectivity index (χ0v) is 15.3. The third-order valence-electron chi connectivity index (χ3n) is 4.08. The molecule has 3 aromatic carbocycles. The Morgan fingerprint density at radius 1 is 0.808 bits per heavy atom. The van der Waals surface area contributed by atoms with Crippen LogP contribution in [0, 0.1) is 0 Å². The van der Waals surface area contributed by atoms with Gasteiger partial charge in [-0.3, -0.25) is 4.79 Å². The van der Waals surface area contributed by atoms with Crippen LogP contribution >= 0.6 is 0 Å². The zero-order chi connectivity index (χ0) is 18.6. The molecule has 3 nitrogen and oxygen atoms in total. The van der Waals surface area contributed by atoms with Gasteiger partial charge in [0.25, 0.3) is 5.91 Å². The summed E-state index contributed by atoms with van der Waals surface area (Å²) < 4.78 is 5.81. The molecule has 26 heavy (non-hydrogen) atoms. The van der Waals surface area contributed by atoms with Gasteiger partial charge in [0.05, 0.1) is 0 Å². The molecule has 3 heteroatoms. The summed E-state index contributed by atoms with van der Waals surface area (Å²) in [6.45, 7) is 6.46. The minimum Gasteiger partial charge on any atom is -0.457 e. The van der Waals surface area contributed by atoms with Gasteiger partial charge in [-0.25, -0.2) is 0 Å². The number of hydrogen-bond acceptors (Lipinski definition) is 2. The van der Waals surface area contributed by atoms with Crippen LogP contribution < -0.4 is 10.1 Å². The number of benzene rings is 3. The molecule has 0 atom stereocenters. The van der Waals surface area contributed by atoms with Crippen LogP contribution in [0.5, 0.6) is 11.5 Å². The molecule has 0 spiro atoms. The SMILES string of the molecule is CC(C)(C)c1ccc(C(=O)Nc2cccc(Oc3ccccc3)c2)cc1. The maximum absolute atomic E-state index is 12.5. The normalized spacial score (nSPS) is 11.0. The highest BCUT2D eigenvalue weighted by molar-refractivity contribution is 6.04. The van der Waals surface area contributed by atoms with Gasteiger partial charge in [-0.05, 0) is 47.4 Å². The molecule has 0 fully saturated rings. The highest BCUT2D eigenvalue weighted by Gasteiger charge is 2.14. The first-order valence-corrected chi connectivity index (χ1v) is 8.67. The lowest BCUT2D eigenvalue weighted by atomic mass is 9.87. The number of hydrogen-bond donors (Lipinski definition) is 1. The van der Waals surface area contributed by atoms with Crippen molar-refractivity contribution >= 4 is 11.6 Å². The van der Waals surface area contributed by atoms with Crippen molar-refractivity contribution in [3.63, 3.8) is 0 Å². The zero-order valence-electron chi connectivity index (χ0n) is 15.3. The Labute approximate surface area is 154 Å². The monoisotopic (exact) mass is 345 g/mol. The summed E-state index contributed by atoms with van der Waals surface area (Å²) in [5.41, 5.74) is 2.60. The Morgan fingerprint density at radius 2 is 1.46 bits per heavy atom. The fourth-order valence-corrected chi connectivity index (χ4v) is 2.59. The second-order valence-corrected chi connectivity index (χ2v) is 7.22. The van der Waals surface area contributed by atoms with Crippen LogP contribution in [0.2, 0.25) is 0 Å². The smallest absolute Gasteiger partial charge is 0.255 e. The summed E-state index contributed by atoms with van der Waals surface area (Å²) in [5.74, 6) is 1.30. The van der Waals surface area contributed by atoms with E-state index >= 15 is 0 Å². The molecule has 0 aliphatic heterocycles. The van der Waals surface area contributed by atoms with Crippen LogP contribution in [0.3, 0.4) is 0 Å². The van der Waals surface area contributed by atoms with Crippen LogP contribution in [0.4, 0.5) is 5.69 Å². The van der Waals surface area contributed by atoms with Gasteiger partial charge < -0.3 is 10.1 Å². The number of carbonyl (C=O) groups excluding carboxylic acids is 1. The molecule has 0 aliphatic rings. The number of nitrogens with one attached hydrogen (secondary N) is 1. The summed E-state index contributed by atoms with van der Waals surface area (Å²) in [4.78, 5) is 12.5. The second-order valence-electron chi connectivity index (χ2n) is 7.22. The summed E-state index contributed by atoms with van der Waals surface area (Å²) in [6, 6.07) is 24.7. The number of carbonyl (C=O) groups is 1. The minimum atomic E-state index is -0.137. The molecule has 0 saturated heterocycles. The Kier molecular flexibility index (Phi) is 5.08. The van der Waals surface area contributed by atoms with Gasteiger partial charge in [0.1, 0.15) is 11.5 Å². The molecule has 3 rings (SSSR count). The van der Waals surface area contributed by atoms with Gasteiger partial charge >= 0.3 is 0 Å². The van der Waals surface area contributed by atoms with E-state index in [1.165, 1.54) is 5.56 Å². The lowest BCUT2D eigenvalue weighted by Gasteiger charge is -2.19. The number of para-hydroxylation sites is 1. The van der Waals surface area contributed by atoms with Crippen molar-refractivity contribution < 1.29 is 9.53 Å².